The molecule has 0 saturated heterocycles. The molecule has 2 heterocycles. The first-order valence-electron chi connectivity index (χ1n) is 4.90. The van der Waals surface area contributed by atoms with Crippen molar-refractivity contribution in [2.45, 2.75) is 17.6 Å². The van der Waals surface area contributed by atoms with E-state index in [1.54, 1.807) is 11.8 Å². The van der Waals surface area contributed by atoms with Gasteiger partial charge in [-0.15, -0.1) is 11.8 Å². The first-order valence-corrected chi connectivity index (χ1v) is 6.68. The Morgan fingerprint density at radius 1 is 1.25 bits per heavy atom. The van der Waals surface area contributed by atoms with E-state index in [1.807, 2.05) is 37.5 Å². The number of halogens is 1. The Kier molecular flexibility index (Phi) is 3.96. The molecular weight excluding hydrogens is 284 g/mol. The standard InChI is InChI=1S/C12H11BrN2S/c1-9-6-12(4-5-14-9)16-8-11-3-2-10(13)7-15-11/h2-7H,8H2,1H3. The molecule has 2 aromatic rings. The van der Waals surface area contributed by atoms with E-state index in [0.29, 0.717) is 0 Å². The van der Waals surface area contributed by atoms with Crippen molar-refractivity contribution < 1.29 is 0 Å². The van der Waals surface area contributed by atoms with Gasteiger partial charge in [-0.2, -0.15) is 0 Å². The second kappa shape index (κ2) is 5.46. The van der Waals surface area contributed by atoms with E-state index in [1.165, 1.54) is 4.90 Å². The molecule has 16 heavy (non-hydrogen) atoms. The smallest absolute Gasteiger partial charge is 0.0507 e. The fourth-order valence-corrected chi connectivity index (χ4v) is 2.39. The summed E-state index contributed by atoms with van der Waals surface area (Å²) in [6.07, 6.45) is 3.67. The van der Waals surface area contributed by atoms with E-state index in [2.05, 4.69) is 32.0 Å². The van der Waals surface area contributed by atoms with Gasteiger partial charge in [-0.05, 0) is 47.1 Å². The summed E-state index contributed by atoms with van der Waals surface area (Å²) in [6.45, 7) is 2.00. The molecule has 4 heteroatoms. The highest BCUT2D eigenvalue weighted by Gasteiger charge is 1.98. The fourth-order valence-electron chi connectivity index (χ4n) is 1.26. The third-order valence-corrected chi connectivity index (χ3v) is 3.54. The predicted octanol–water partition coefficient (Wildman–Crippen LogP) is 3.84. The summed E-state index contributed by atoms with van der Waals surface area (Å²) >= 11 is 5.15. The lowest BCUT2D eigenvalue weighted by Gasteiger charge is -2.02. The summed E-state index contributed by atoms with van der Waals surface area (Å²) in [4.78, 5) is 9.74. The van der Waals surface area contributed by atoms with Crippen LogP contribution in [0.3, 0.4) is 0 Å². The maximum absolute atomic E-state index is 4.33. The number of rotatable bonds is 3. The Hall–Kier alpha value is -0.870. The van der Waals surface area contributed by atoms with Crippen LogP contribution in [0, 0.1) is 6.92 Å². The highest BCUT2D eigenvalue weighted by molar-refractivity contribution is 9.10. The lowest BCUT2D eigenvalue weighted by Crippen LogP contribution is -1.86. The minimum absolute atomic E-state index is 0.886. The number of aryl methyl sites for hydroxylation is 1. The van der Waals surface area contributed by atoms with Gasteiger partial charge in [0.2, 0.25) is 0 Å². The van der Waals surface area contributed by atoms with E-state index >= 15 is 0 Å². The normalized spacial score (nSPS) is 10.4. The van der Waals surface area contributed by atoms with Crippen molar-refractivity contribution in [3.63, 3.8) is 0 Å². The molecule has 0 amide bonds. The topological polar surface area (TPSA) is 25.8 Å². The van der Waals surface area contributed by atoms with Crippen molar-refractivity contribution in [1.29, 1.82) is 0 Å². The lowest BCUT2D eigenvalue weighted by molar-refractivity contribution is 1.14. The van der Waals surface area contributed by atoms with Crippen LogP contribution in [-0.2, 0) is 5.75 Å². The SMILES string of the molecule is Cc1cc(SCc2ccc(Br)cn2)ccn1. The summed E-state index contributed by atoms with van der Waals surface area (Å²) in [5.41, 5.74) is 2.14. The highest BCUT2D eigenvalue weighted by Crippen LogP contribution is 2.22. The summed E-state index contributed by atoms with van der Waals surface area (Å²) in [5.74, 6) is 0.886. The zero-order chi connectivity index (χ0) is 11.4. The molecule has 0 saturated carbocycles. The number of aromatic nitrogens is 2. The summed E-state index contributed by atoms with van der Waals surface area (Å²) < 4.78 is 1.01. The number of pyridine rings is 2. The number of nitrogens with zero attached hydrogens (tertiary/aromatic N) is 2. The van der Waals surface area contributed by atoms with Crippen LogP contribution < -0.4 is 0 Å². The van der Waals surface area contributed by atoms with Crippen molar-refractivity contribution in [1.82, 2.24) is 9.97 Å². The van der Waals surface area contributed by atoms with Gasteiger partial charge in [-0.25, -0.2) is 0 Å². The average molecular weight is 295 g/mol. The Balaban J connectivity index is 1.99. The Morgan fingerprint density at radius 2 is 2.12 bits per heavy atom. The number of thioether (sulfide) groups is 1. The first kappa shape index (κ1) is 11.6. The van der Waals surface area contributed by atoms with Crippen LogP contribution >= 0.6 is 27.7 Å². The van der Waals surface area contributed by atoms with Gasteiger partial charge in [0.15, 0.2) is 0 Å². The van der Waals surface area contributed by atoms with Crippen LogP contribution in [0.15, 0.2) is 46.0 Å². The molecule has 0 spiro atoms. The molecule has 2 nitrogen and oxygen atoms in total. The molecule has 0 N–H and O–H groups in total. The third-order valence-electron chi connectivity index (χ3n) is 2.04. The molecule has 0 radical (unpaired) electrons. The second-order valence-electron chi connectivity index (χ2n) is 3.39. The molecule has 82 valence electrons. The maximum atomic E-state index is 4.33. The zero-order valence-corrected chi connectivity index (χ0v) is 11.3. The van der Waals surface area contributed by atoms with Crippen molar-refractivity contribution in [2.24, 2.45) is 0 Å². The molecule has 0 bridgehead atoms. The molecule has 0 aliphatic carbocycles. The molecule has 0 atom stereocenters. The molecule has 0 aliphatic rings. The summed E-state index contributed by atoms with van der Waals surface area (Å²) in [6, 6.07) is 8.16. The molecular formula is C12H11BrN2S. The van der Waals surface area contributed by atoms with E-state index in [4.69, 9.17) is 0 Å². The number of hydrogen-bond acceptors (Lipinski definition) is 3. The van der Waals surface area contributed by atoms with Gasteiger partial charge in [0, 0.05) is 33.2 Å². The lowest BCUT2D eigenvalue weighted by atomic mass is 10.4. The largest absolute Gasteiger partial charge is 0.262 e. The van der Waals surface area contributed by atoms with Crippen molar-refractivity contribution in [3.8, 4) is 0 Å². The molecule has 0 unspecified atom stereocenters. The van der Waals surface area contributed by atoms with Crippen LogP contribution in [0.5, 0.6) is 0 Å². The van der Waals surface area contributed by atoms with Gasteiger partial charge in [-0.3, -0.25) is 9.97 Å². The molecule has 0 aromatic carbocycles. The predicted molar refractivity (Wildman–Crippen MR) is 70.5 cm³/mol. The van der Waals surface area contributed by atoms with Crippen LogP contribution in [-0.4, -0.2) is 9.97 Å². The van der Waals surface area contributed by atoms with Crippen LogP contribution in [0.4, 0.5) is 0 Å². The van der Waals surface area contributed by atoms with Crippen molar-refractivity contribution in [3.05, 3.63) is 52.5 Å². The maximum Gasteiger partial charge on any atom is 0.0507 e. The number of hydrogen-bond donors (Lipinski definition) is 0. The monoisotopic (exact) mass is 294 g/mol. The van der Waals surface area contributed by atoms with Gasteiger partial charge < -0.3 is 0 Å². The Morgan fingerprint density at radius 3 is 2.81 bits per heavy atom. The Bertz CT molecular complexity index is 471. The minimum Gasteiger partial charge on any atom is -0.262 e. The van der Waals surface area contributed by atoms with Gasteiger partial charge in [0.05, 0.1) is 5.69 Å². The summed E-state index contributed by atoms with van der Waals surface area (Å²) in [5, 5.41) is 0. The molecule has 0 fully saturated rings. The van der Waals surface area contributed by atoms with Crippen LogP contribution in [0.25, 0.3) is 0 Å². The molecule has 2 aromatic heterocycles. The summed E-state index contributed by atoms with van der Waals surface area (Å²) in [7, 11) is 0. The quantitative estimate of drug-likeness (QED) is 0.805. The van der Waals surface area contributed by atoms with Gasteiger partial charge in [0.1, 0.15) is 0 Å². The van der Waals surface area contributed by atoms with Crippen molar-refractivity contribution >= 4 is 27.7 Å². The second-order valence-corrected chi connectivity index (χ2v) is 5.35. The molecule has 2 rings (SSSR count). The zero-order valence-electron chi connectivity index (χ0n) is 8.85. The van der Waals surface area contributed by atoms with Crippen LogP contribution in [0.1, 0.15) is 11.4 Å². The minimum atomic E-state index is 0.886. The van der Waals surface area contributed by atoms with Crippen LogP contribution in [0.2, 0.25) is 0 Å². The highest BCUT2D eigenvalue weighted by atomic mass is 79.9. The van der Waals surface area contributed by atoms with E-state index in [0.717, 1.165) is 21.6 Å². The van der Waals surface area contributed by atoms with E-state index in [9.17, 15) is 0 Å². The fraction of sp³-hybridized carbons (Fsp3) is 0.167. The van der Waals surface area contributed by atoms with Gasteiger partial charge in [-0.1, -0.05) is 0 Å². The van der Waals surface area contributed by atoms with Crippen molar-refractivity contribution in [2.75, 3.05) is 0 Å². The van der Waals surface area contributed by atoms with E-state index in [-0.39, 0.29) is 0 Å². The molecule has 0 aliphatic heterocycles. The van der Waals surface area contributed by atoms with Gasteiger partial charge >= 0.3 is 0 Å². The third kappa shape index (κ3) is 3.32. The van der Waals surface area contributed by atoms with E-state index < -0.39 is 0 Å². The Labute approximate surface area is 108 Å². The first-order chi connectivity index (χ1) is 7.74. The average Bonchev–Trinajstić information content (AvgIpc) is 2.28. The van der Waals surface area contributed by atoms with Gasteiger partial charge in [0.25, 0.3) is 0 Å².